The number of carbonyl (C=O) groups is 1. The SMILES string of the molecule is C=CCCCC(=O)C(Cc1ccccc1)S(=O)(=O)c1ccccc1. The second-order valence-corrected chi connectivity index (χ2v) is 7.81. The van der Waals surface area contributed by atoms with Crippen molar-refractivity contribution in [2.45, 2.75) is 35.8 Å². The smallest absolute Gasteiger partial charge is 0.188 e. The highest BCUT2D eigenvalue weighted by molar-refractivity contribution is 7.92. The van der Waals surface area contributed by atoms with E-state index in [0.717, 1.165) is 5.56 Å². The fraction of sp³-hybridized carbons (Fsp3) is 0.250. The van der Waals surface area contributed by atoms with Crippen LogP contribution in [0, 0.1) is 0 Å². The average molecular weight is 342 g/mol. The van der Waals surface area contributed by atoms with Crippen LogP contribution in [0.3, 0.4) is 0 Å². The summed E-state index contributed by atoms with van der Waals surface area (Å²) in [5.41, 5.74) is 0.846. The van der Waals surface area contributed by atoms with Gasteiger partial charge < -0.3 is 0 Å². The standard InChI is InChI=1S/C20H22O3S/c1-2-3-6-15-19(21)20(16-17-11-7-4-8-12-17)24(22,23)18-13-9-5-10-14-18/h2,4-5,7-14,20H,1,3,6,15-16H2. The lowest BCUT2D eigenvalue weighted by Crippen LogP contribution is -2.32. The van der Waals surface area contributed by atoms with Crippen molar-refractivity contribution >= 4 is 15.6 Å². The Labute approximate surface area is 144 Å². The van der Waals surface area contributed by atoms with Gasteiger partial charge in [0.05, 0.1) is 4.90 Å². The number of ketones is 1. The van der Waals surface area contributed by atoms with Gasteiger partial charge in [-0.15, -0.1) is 6.58 Å². The fourth-order valence-corrected chi connectivity index (χ4v) is 4.32. The maximum atomic E-state index is 13.0. The molecule has 1 atom stereocenters. The normalized spacial score (nSPS) is 12.5. The van der Waals surface area contributed by atoms with E-state index in [1.807, 2.05) is 30.3 Å². The molecule has 126 valence electrons. The molecule has 3 nitrogen and oxygen atoms in total. The summed E-state index contributed by atoms with van der Waals surface area (Å²) in [7, 11) is -3.71. The third kappa shape index (κ3) is 4.65. The van der Waals surface area contributed by atoms with Crippen molar-refractivity contribution in [1.29, 1.82) is 0 Å². The van der Waals surface area contributed by atoms with Gasteiger partial charge in [0.25, 0.3) is 0 Å². The second-order valence-electron chi connectivity index (χ2n) is 5.68. The zero-order valence-electron chi connectivity index (χ0n) is 13.6. The molecule has 0 saturated carbocycles. The molecule has 1 unspecified atom stereocenters. The molecule has 0 fully saturated rings. The molecule has 0 N–H and O–H groups in total. The summed E-state index contributed by atoms with van der Waals surface area (Å²) in [5, 5.41) is -1.05. The van der Waals surface area contributed by atoms with Crippen LogP contribution in [-0.2, 0) is 21.1 Å². The highest BCUT2D eigenvalue weighted by Gasteiger charge is 2.33. The lowest BCUT2D eigenvalue weighted by Gasteiger charge is -2.17. The zero-order chi connectivity index (χ0) is 17.4. The highest BCUT2D eigenvalue weighted by atomic mass is 32.2. The maximum absolute atomic E-state index is 13.0. The summed E-state index contributed by atoms with van der Waals surface area (Å²) in [5.74, 6) is -0.232. The van der Waals surface area contributed by atoms with E-state index in [4.69, 9.17) is 0 Å². The molecular formula is C20H22O3S. The van der Waals surface area contributed by atoms with Crippen LogP contribution in [0.2, 0.25) is 0 Å². The summed E-state index contributed by atoms with van der Waals surface area (Å²) in [6.07, 6.45) is 3.51. The fourth-order valence-electron chi connectivity index (χ4n) is 2.58. The number of hydrogen-bond acceptors (Lipinski definition) is 3. The molecular weight excluding hydrogens is 320 g/mol. The zero-order valence-corrected chi connectivity index (χ0v) is 14.4. The van der Waals surface area contributed by atoms with Crippen molar-refractivity contribution in [3.8, 4) is 0 Å². The molecule has 0 amide bonds. The van der Waals surface area contributed by atoms with Crippen LogP contribution < -0.4 is 0 Å². The van der Waals surface area contributed by atoms with Gasteiger partial charge in [-0.2, -0.15) is 0 Å². The third-order valence-corrected chi connectivity index (χ3v) is 6.01. The van der Waals surface area contributed by atoms with Crippen molar-refractivity contribution in [3.05, 3.63) is 78.9 Å². The molecule has 4 heteroatoms. The molecule has 0 aliphatic heterocycles. The number of hydrogen-bond donors (Lipinski definition) is 0. The van der Waals surface area contributed by atoms with Gasteiger partial charge in [0.1, 0.15) is 5.25 Å². The number of Topliss-reactive ketones (excluding diaryl/α,β-unsaturated/α-hetero) is 1. The second kappa shape index (κ2) is 8.60. The molecule has 2 rings (SSSR count). The molecule has 0 radical (unpaired) electrons. The van der Waals surface area contributed by atoms with E-state index >= 15 is 0 Å². The van der Waals surface area contributed by atoms with Crippen molar-refractivity contribution in [3.63, 3.8) is 0 Å². The molecule has 0 bridgehead atoms. The summed E-state index contributed by atoms with van der Waals surface area (Å²) >= 11 is 0. The monoisotopic (exact) mass is 342 g/mol. The Bertz CT molecular complexity index is 765. The molecule has 0 aliphatic rings. The Morgan fingerprint density at radius 1 is 1.00 bits per heavy atom. The maximum Gasteiger partial charge on any atom is 0.188 e. The molecule has 2 aromatic carbocycles. The Hall–Kier alpha value is -2.20. The van der Waals surface area contributed by atoms with E-state index < -0.39 is 15.1 Å². The summed E-state index contributed by atoms with van der Waals surface area (Å²) in [6, 6.07) is 17.5. The molecule has 0 aromatic heterocycles. The third-order valence-electron chi connectivity index (χ3n) is 3.90. The molecule has 0 aliphatic carbocycles. The Morgan fingerprint density at radius 2 is 1.58 bits per heavy atom. The molecule has 0 saturated heterocycles. The van der Waals surface area contributed by atoms with Crippen molar-refractivity contribution < 1.29 is 13.2 Å². The van der Waals surface area contributed by atoms with Gasteiger partial charge in [-0.3, -0.25) is 4.79 Å². The van der Waals surface area contributed by atoms with Crippen LogP contribution in [0.25, 0.3) is 0 Å². The first-order valence-electron chi connectivity index (χ1n) is 8.02. The molecule has 2 aromatic rings. The van der Waals surface area contributed by atoms with Crippen LogP contribution in [0.5, 0.6) is 0 Å². The summed E-state index contributed by atoms with van der Waals surface area (Å²) in [6.45, 7) is 3.64. The largest absolute Gasteiger partial charge is 0.298 e. The summed E-state index contributed by atoms with van der Waals surface area (Å²) in [4.78, 5) is 12.8. The summed E-state index contributed by atoms with van der Waals surface area (Å²) < 4.78 is 25.9. The minimum Gasteiger partial charge on any atom is -0.298 e. The van der Waals surface area contributed by atoms with E-state index in [2.05, 4.69) is 6.58 Å². The van der Waals surface area contributed by atoms with Crippen molar-refractivity contribution in [2.75, 3.05) is 0 Å². The van der Waals surface area contributed by atoms with E-state index in [0.29, 0.717) is 12.8 Å². The molecule has 24 heavy (non-hydrogen) atoms. The number of benzene rings is 2. The molecule has 0 spiro atoms. The van der Waals surface area contributed by atoms with Crippen LogP contribution in [0.15, 0.2) is 78.2 Å². The van der Waals surface area contributed by atoms with Crippen LogP contribution in [0.1, 0.15) is 24.8 Å². The van der Waals surface area contributed by atoms with Gasteiger partial charge in [-0.05, 0) is 37.0 Å². The van der Waals surface area contributed by atoms with Gasteiger partial charge in [-0.1, -0.05) is 54.6 Å². The van der Waals surface area contributed by atoms with Gasteiger partial charge in [0.2, 0.25) is 0 Å². The first-order valence-corrected chi connectivity index (χ1v) is 9.57. The van der Waals surface area contributed by atoms with Gasteiger partial charge in [0, 0.05) is 6.42 Å². The van der Waals surface area contributed by atoms with Crippen molar-refractivity contribution in [1.82, 2.24) is 0 Å². The predicted octanol–water partition coefficient (Wildman–Crippen LogP) is 4.00. The van der Waals surface area contributed by atoms with Gasteiger partial charge >= 0.3 is 0 Å². The number of sulfone groups is 1. The van der Waals surface area contributed by atoms with E-state index in [-0.39, 0.29) is 23.5 Å². The number of rotatable bonds is 9. The van der Waals surface area contributed by atoms with Crippen LogP contribution in [-0.4, -0.2) is 19.5 Å². The average Bonchev–Trinajstić information content (AvgIpc) is 2.61. The van der Waals surface area contributed by atoms with Crippen LogP contribution >= 0.6 is 0 Å². The quantitative estimate of drug-likeness (QED) is 0.511. The minimum absolute atomic E-state index is 0.197. The van der Waals surface area contributed by atoms with Gasteiger partial charge in [-0.25, -0.2) is 8.42 Å². The topological polar surface area (TPSA) is 51.2 Å². The molecule has 0 heterocycles. The predicted molar refractivity (Wildman–Crippen MR) is 96.6 cm³/mol. The first kappa shape index (κ1) is 18.1. The van der Waals surface area contributed by atoms with E-state index in [9.17, 15) is 13.2 Å². The number of allylic oxidation sites excluding steroid dienone is 1. The number of carbonyl (C=O) groups excluding carboxylic acids is 1. The van der Waals surface area contributed by atoms with Crippen molar-refractivity contribution in [2.24, 2.45) is 0 Å². The lowest BCUT2D eigenvalue weighted by molar-refractivity contribution is -0.118. The highest BCUT2D eigenvalue weighted by Crippen LogP contribution is 2.22. The first-order chi connectivity index (χ1) is 11.6. The van der Waals surface area contributed by atoms with E-state index in [1.165, 1.54) is 0 Å². The Kier molecular flexibility index (Phi) is 6.50. The minimum atomic E-state index is -3.71. The van der Waals surface area contributed by atoms with Gasteiger partial charge in [0.15, 0.2) is 15.6 Å². The Morgan fingerprint density at radius 3 is 2.17 bits per heavy atom. The van der Waals surface area contributed by atoms with E-state index in [1.54, 1.807) is 36.4 Å². The van der Waals surface area contributed by atoms with Crippen LogP contribution in [0.4, 0.5) is 0 Å². The lowest BCUT2D eigenvalue weighted by atomic mass is 10.0. The Balaban J connectivity index is 2.31. The number of unbranched alkanes of at least 4 members (excludes halogenated alkanes) is 1.